The molecule has 0 atom stereocenters. The SMILES string of the molecule is CCOc1ccc2c(c1)CCN2C(=S)NC1CC1. The second-order valence-electron chi connectivity index (χ2n) is 4.85. The van der Waals surface area contributed by atoms with Gasteiger partial charge in [-0.2, -0.15) is 0 Å². The smallest absolute Gasteiger partial charge is 0.173 e. The zero-order valence-electron chi connectivity index (χ0n) is 10.6. The van der Waals surface area contributed by atoms with Gasteiger partial charge < -0.3 is 15.0 Å². The molecule has 1 aliphatic heterocycles. The van der Waals surface area contributed by atoms with Crippen LogP contribution in [0.15, 0.2) is 18.2 Å². The lowest BCUT2D eigenvalue weighted by Crippen LogP contribution is -2.39. The molecule has 0 amide bonds. The fourth-order valence-electron chi connectivity index (χ4n) is 2.33. The average molecular weight is 262 g/mol. The predicted octanol–water partition coefficient (Wildman–Crippen LogP) is 2.48. The van der Waals surface area contributed by atoms with Gasteiger partial charge in [0.2, 0.25) is 0 Å². The molecule has 96 valence electrons. The number of thiocarbonyl (C=S) groups is 1. The van der Waals surface area contributed by atoms with Crippen molar-refractivity contribution < 1.29 is 4.74 Å². The lowest BCUT2D eigenvalue weighted by Gasteiger charge is -2.21. The Morgan fingerprint density at radius 3 is 3.06 bits per heavy atom. The van der Waals surface area contributed by atoms with Gasteiger partial charge in [-0.3, -0.25) is 0 Å². The van der Waals surface area contributed by atoms with E-state index in [2.05, 4.69) is 22.3 Å². The Labute approximate surface area is 113 Å². The van der Waals surface area contributed by atoms with Gasteiger partial charge in [0.1, 0.15) is 5.75 Å². The molecular formula is C14H18N2OS. The quantitative estimate of drug-likeness (QED) is 0.846. The topological polar surface area (TPSA) is 24.5 Å². The first-order valence-corrected chi connectivity index (χ1v) is 7.02. The largest absolute Gasteiger partial charge is 0.494 e. The molecule has 0 saturated heterocycles. The Morgan fingerprint density at radius 1 is 1.50 bits per heavy atom. The van der Waals surface area contributed by atoms with E-state index < -0.39 is 0 Å². The van der Waals surface area contributed by atoms with E-state index in [0.29, 0.717) is 12.6 Å². The number of nitrogens with one attached hydrogen (secondary N) is 1. The van der Waals surface area contributed by atoms with E-state index in [4.69, 9.17) is 17.0 Å². The first kappa shape index (κ1) is 11.8. The van der Waals surface area contributed by atoms with E-state index in [9.17, 15) is 0 Å². The van der Waals surface area contributed by atoms with Gasteiger partial charge in [-0.1, -0.05) is 0 Å². The van der Waals surface area contributed by atoms with Crippen molar-refractivity contribution >= 4 is 23.0 Å². The van der Waals surface area contributed by atoms with Crippen molar-refractivity contribution in [2.45, 2.75) is 32.2 Å². The summed E-state index contributed by atoms with van der Waals surface area (Å²) in [5.41, 5.74) is 2.57. The van der Waals surface area contributed by atoms with Crippen molar-refractivity contribution in [3.05, 3.63) is 23.8 Å². The second kappa shape index (κ2) is 4.76. The number of hydrogen-bond donors (Lipinski definition) is 1. The standard InChI is InChI=1S/C14H18N2OS/c1-2-17-12-5-6-13-10(9-12)7-8-16(13)14(18)15-11-3-4-11/h5-6,9,11H,2-4,7-8H2,1H3,(H,15,18). The highest BCUT2D eigenvalue weighted by molar-refractivity contribution is 7.80. The number of nitrogens with zero attached hydrogens (tertiary/aromatic N) is 1. The molecule has 2 aliphatic rings. The molecule has 4 heteroatoms. The van der Waals surface area contributed by atoms with E-state index >= 15 is 0 Å². The maximum atomic E-state index is 5.53. The molecule has 1 aromatic rings. The highest BCUT2D eigenvalue weighted by atomic mass is 32.1. The van der Waals surface area contributed by atoms with Crippen LogP contribution < -0.4 is 15.0 Å². The van der Waals surface area contributed by atoms with Gasteiger partial charge in [0.15, 0.2) is 5.11 Å². The van der Waals surface area contributed by atoms with Crippen LogP contribution >= 0.6 is 12.2 Å². The minimum absolute atomic E-state index is 0.615. The molecule has 1 heterocycles. The third-order valence-corrected chi connectivity index (χ3v) is 3.75. The summed E-state index contributed by atoms with van der Waals surface area (Å²) >= 11 is 5.47. The normalized spacial score (nSPS) is 17.5. The molecule has 1 saturated carbocycles. The van der Waals surface area contributed by atoms with E-state index in [1.807, 2.05) is 13.0 Å². The minimum Gasteiger partial charge on any atom is -0.494 e. The van der Waals surface area contributed by atoms with Gasteiger partial charge in [0, 0.05) is 18.3 Å². The van der Waals surface area contributed by atoms with Crippen LogP contribution in [0.25, 0.3) is 0 Å². The first-order valence-electron chi connectivity index (χ1n) is 6.61. The molecule has 3 nitrogen and oxygen atoms in total. The van der Waals surface area contributed by atoms with Gasteiger partial charge in [0.05, 0.1) is 6.61 Å². The average Bonchev–Trinajstić information content (AvgIpc) is 3.07. The van der Waals surface area contributed by atoms with Crippen LogP contribution in [0.4, 0.5) is 5.69 Å². The maximum absolute atomic E-state index is 5.53. The maximum Gasteiger partial charge on any atom is 0.173 e. The number of benzene rings is 1. The number of fused-ring (bicyclic) bond motifs is 1. The van der Waals surface area contributed by atoms with Crippen LogP contribution in [0, 0.1) is 0 Å². The zero-order valence-corrected chi connectivity index (χ0v) is 11.4. The van der Waals surface area contributed by atoms with Gasteiger partial charge in [-0.15, -0.1) is 0 Å². The molecule has 1 fully saturated rings. The van der Waals surface area contributed by atoms with Crippen LogP contribution in [0.1, 0.15) is 25.3 Å². The monoisotopic (exact) mass is 262 g/mol. The van der Waals surface area contributed by atoms with Gasteiger partial charge in [0.25, 0.3) is 0 Å². The summed E-state index contributed by atoms with van der Waals surface area (Å²) in [6.45, 7) is 3.70. The highest BCUT2D eigenvalue weighted by Gasteiger charge is 2.27. The van der Waals surface area contributed by atoms with Crippen LogP contribution in [0.3, 0.4) is 0 Å². The lowest BCUT2D eigenvalue weighted by molar-refractivity contribution is 0.340. The van der Waals surface area contributed by atoms with E-state index in [0.717, 1.165) is 23.8 Å². The summed E-state index contributed by atoms with van der Waals surface area (Å²) in [6.07, 6.45) is 3.55. The van der Waals surface area contributed by atoms with Crippen molar-refractivity contribution in [3.8, 4) is 5.75 Å². The van der Waals surface area contributed by atoms with Crippen molar-refractivity contribution in [1.29, 1.82) is 0 Å². The van der Waals surface area contributed by atoms with Gasteiger partial charge in [-0.25, -0.2) is 0 Å². The first-order chi connectivity index (χ1) is 8.78. The fraction of sp³-hybridized carbons (Fsp3) is 0.500. The van der Waals surface area contributed by atoms with Crippen molar-refractivity contribution in [3.63, 3.8) is 0 Å². The fourth-order valence-corrected chi connectivity index (χ4v) is 2.68. The third kappa shape index (κ3) is 2.29. The number of rotatable bonds is 3. The minimum atomic E-state index is 0.615. The molecule has 0 spiro atoms. The van der Waals surface area contributed by atoms with E-state index in [1.165, 1.54) is 24.1 Å². The molecule has 0 aromatic heterocycles. The van der Waals surface area contributed by atoms with Crippen LogP contribution in [-0.4, -0.2) is 24.3 Å². The number of anilines is 1. The number of ether oxygens (including phenoxy) is 1. The molecule has 0 unspecified atom stereocenters. The Morgan fingerprint density at radius 2 is 2.33 bits per heavy atom. The van der Waals surface area contributed by atoms with Crippen LogP contribution in [-0.2, 0) is 6.42 Å². The molecular weight excluding hydrogens is 244 g/mol. The summed E-state index contributed by atoms with van der Waals surface area (Å²) < 4.78 is 5.53. The van der Waals surface area contributed by atoms with E-state index in [1.54, 1.807) is 0 Å². The highest BCUT2D eigenvalue weighted by Crippen LogP contribution is 2.32. The van der Waals surface area contributed by atoms with E-state index in [-0.39, 0.29) is 0 Å². The number of hydrogen-bond acceptors (Lipinski definition) is 2. The predicted molar refractivity (Wildman–Crippen MR) is 77.4 cm³/mol. The second-order valence-corrected chi connectivity index (χ2v) is 5.24. The molecule has 0 radical (unpaired) electrons. The van der Waals surface area contributed by atoms with Crippen molar-refractivity contribution in [2.75, 3.05) is 18.1 Å². The summed E-state index contributed by atoms with van der Waals surface area (Å²) in [7, 11) is 0. The zero-order chi connectivity index (χ0) is 12.5. The summed E-state index contributed by atoms with van der Waals surface area (Å²) in [5.74, 6) is 0.958. The summed E-state index contributed by atoms with van der Waals surface area (Å²) in [6, 6.07) is 6.90. The molecule has 1 N–H and O–H groups in total. The lowest BCUT2D eigenvalue weighted by atomic mass is 10.1. The molecule has 1 aliphatic carbocycles. The molecule has 3 rings (SSSR count). The Hall–Kier alpha value is -1.29. The van der Waals surface area contributed by atoms with Crippen molar-refractivity contribution in [2.24, 2.45) is 0 Å². The summed E-state index contributed by atoms with van der Waals surface area (Å²) in [4.78, 5) is 2.21. The van der Waals surface area contributed by atoms with Gasteiger partial charge >= 0.3 is 0 Å². The molecule has 18 heavy (non-hydrogen) atoms. The Bertz CT molecular complexity index is 471. The van der Waals surface area contributed by atoms with Crippen LogP contribution in [0.2, 0.25) is 0 Å². The molecule has 0 bridgehead atoms. The Kier molecular flexibility index (Phi) is 3.12. The third-order valence-electron chi connectivity index (χ3n) is 3.41. The van der Waals surface area contributed by atoms with Crippen LogP contribution in [0.5, 0.6) is 5.75 Å². The summed E-state index contributed by atoms with van der Waals surface area (Å²) in [5, 5.41) is 4.28. The molecule has 1 aromatic carbocycles. The van der Waals surface area contributed by atoms with Gasteiger partial charge in [-0.05, 0) is 62.2 Å². The van der Waals surface area contributed by atoms with Crippen molar-refractivity contribution in [1.82, 2.24) is 5.32 Å². The Balaban J connectivity index is 1.76.